The van der Waals surface area contributed by atoms with Gasteiger partial charge in [0.2, 0.25) is 0 Å². The van der Waals surface area contributed by atoms with Gasteiger partial charge >= 0.3 is 0 Å². The fourth-order valence-corrected chi connectivity index (χ4v) is 4.81. The molecule has 1 aromatic heterocycles. The molecule has 1 aliphatic heterocycles. The highest BCUT2D eigenvalue weighted by atomic mass is 35.5. The van der Waals surface area contributed by atoms with E-state index in [2.05, 4.69) is 19.1 Å². The van der Waals surface area contributed by atoms with Crippen LogP contribution in [0.15, 0.2) is 60.8 Å². The molecule has 0 radical (unpaired) electrons. The fourth-order valence-electron chi connectivity index (χ4n) is 4.81. The van der Waals surface area contributed by atoms with Gasteiger partial charge in [-0.15, -0.1) is 12.4 Å². The van der Waals surface area contributed by atoms with E-state index in [1.807, 2.05) is 58.2 Å². The molecule has 156 valence electrons. The van der Waals surface area contributed by atoms with Crippen molar-refractivity contribution < 1.29 is 4.79 Å². The molecule has 0 spiro atoms. The van der Waals surface area contributed by atoms with Crippen molar-refractivity contribution in [1.82, 2.24) is 14.7 Å². The third kappa shape index (κ3) is 3.64. The van der Waals surface area contributed by atoms with Gasteiger partial charge < -0.3 is 10.6 Å². The number of hydrogen-bond acceptors (Lipinski definition) is 3. The van der Waals surface area contributed by atoms with Gasteiger partial charge in [-0.05, 0) is 43.7 Å². The van der Waals surface area contributed by atoms with Gasteiger partial charge in [-0.1, -0.05) is 48.0 Å². The smallest absolute Gasteiger partial charge is 0.257 e. The Kier molecular flexibility index (Phi) is 5.67. The number of nitrogens with two attached hydrogens (primary N) is 1. The van der Waals surface area contributed by atoms with Gasteiger partial charge in [-0.25, -0.2) is 4.68 Å². The van der Waals surface area contributed by atoms with E-state index in [9.17, 15) is 4.79 Å². The summed E-state index contributed by atoms with van der Waals surface area (Å²) in [7, 11) is 0. The number of benzene rings is 2. The van der Waals surface area contributed by atoms with Crippen molar-refractivity contribution in [3.8, 4) is 16.9 Å². The second-order valence-corrected chi connectivity index (χ2v) is 8.41. The molecule has 2 heterocycles. The number of hydrogen-bond donors (Lipinski definition) is 1. The van der Waals surface area contributed by atoms with E-state index in [0.29, 0.717) is 17.4 Å². The van der Waals surface area contributed by atoms with Gasteiger partial charge in [-0.3, -0.25) is 4.79 Å². The van der Waals surface area contributed by atoms with Crippen molar-refractivity contribution in [1.29, 1.82) is 0 Å². The SMILES string of the molecule is Cc1ccc(-n2cc(C(=O)N3CC4CCC(N)C4C3)c(-c3ccccc3)n2)cc1.Cl. The van der Waals surface area contributed by atoms with Crippen molar-refractivity contribution in [3.05, 3.63) is 71.9 Å². The van der Waals surface area contributed by atoms with Crippen LogP contribution in [0.4, 0.5) is 0 Å². The zero-order valence-electron chi connectivity index (χ0n) is 17.1. The maximum Gasteiger partial charge on any atom is 0.257 e. The maximum atomic E-state index is 13.5. The first kappa shape index (κ1) is 20.6. The molecule has 1 aliphatic carbocycles. The Morgan fingerprint density at radius 2 is 1.77 bits per heavy atom. The van der Waals surface area contributed by atoms with Crippen molar-refractivity contribution in [3.63, 3.8) is 0 Å². The summed E-state index contributed by atoms with van der Waals surface area (Å²) in [6.45, 7) is 3.63. The molecule has 3 aromatic rings. The number of aromatic nitrogens is 2. The summed E-state index contributed by atoms with van der Waals surface area (Å²) in [5, 5.41) is 4.80. The number of carbonyl (C=O) groups excluding carboxylic acids is 1. The summed E-state index contributed by atoms with van der Waals surface area (Å²) >= 11 is 0. The first-order chi connectivity index (χ1) is 14.1. The monoisotopic (exact) mass is 422 g/mol. The largest absolute Gasteiger partial charge is 0.338 e. The summed E-state index contributed by atoms with van der Waals surface area (Å²) in [6, 6.07) is 18.4. The second kappa shape index (κ2) is 8.25. The van der Waals surface area contributed by atoms with E-state index in [-0.39, 0.29) is 24.4 Å². The van der Waals surface area contributed by atoms with E-state index in [1.165, 1.54) is 5.56 Å². The summed E-state index contributed by atoms with van der Waals surface area (Å²) in [4.78, 5) is 15.5. The Morgan fingerprint density at radius 1 is 1.03 bits per heavy atom. The number of aryl methyl sites for hydroxylation is 1. The van der Waals surface area contributed by atoms with E-state index in [0.717, 1.165) is 42.9 Å². The molecular formula is C24H27ClN4O. The van der Waals surface area contributed by atoms with E-state index in [4.69, 9.17) is 10.8 Å². The number of fused-ring (bicyclic) bond motifs is 1. The fraction of sp³-hybridized carbons (Fsp3) is 0.333. The third-order valence-corrected chi connectivity index (χ3v) is 6.49. The first-order valence-corrected chi connectivity index (χ1v) is 10.4. The van der Waals surface area contributed by atoms with Crippen LogP contribution >= 0.6 is 12.4 Å². The van der Waals surface area contributed by atoms with Gasteiger partial charge in [0, 0.05) is 30.9 Å². The Labute approximate surface area is 183 Å². The molecular weight excluding hydrogens is 396 g/mol. The van der Waals surface area contributed by atoms with Crippen LogP contribution < -0.4 is 5.73 Å². The number of likely N-dealkylation sites (tertiary alicyclic amines) is 1. The molecule has 2 aliphatic rings. The van der Waals surface area contributed by atoms with Gasteiger partial charge in [0.25, 0.3) is 5.91 Å². The number of nitrogens with zero attached hydrogens (tertiary/aromatic N) is 3. The zero-order valence-corrected chi connectivity index (χ0v) is 17.9. The lowest BCUT2D eigenvalue weighted by molar-refractivity contribution is 0.0780. The quantitative estimate of drug-likeness (QED) is 0.691. The molecule has 5 rings (SSSR count). The van der Waals surface area contributed by atoms with Crippen LogP contribution in [0.5, 0.6) is 0 Å². The topological polar surface area (TPSA) is 64.2 Å². The minimum atomic E-state index is 0. The lowest BCUT2D eigenvalue weighted by Gasteiger charge is -2.18. The summed E-state index contributed by atoms with van der Waals surface area (Å²) < 4.78 is 1.82. The Morgan fingerprint density at radius 3 is 2.47 bits per heavy atom. The van der Waals surface area contributed by atoms with Crippen LogP contribution in [-0.4, -0.2) is 39.7 Å². The van der Waals surface area contributed by atoms with Crippen LogP contribution in [0.2, 0.25) is 0 Å². The predicted octanol–water partition coefficient (Wildman–Crippen LogP) is 4.08. The average molecular weight is 423 g/mol. The van der Waals surface area contributed by atoms with Gasteiger partial charge in [0.05, 0.1) is 11.3 Å². The molecule has 1 saturated heterocycles. The van der Waals surface area contributed by atoms with Gasteiger partial charge in [-0.2, -0.15) is 5.10 Å². The molecule has 30 heavy (non-hydrogen) atoms. The van der Waals surface area contributed by atoms with Crippen molar-refractivity contribution in [2.24, 2.45) is 17.6 Å². The summed E-state index contributed by atoms with van der Waals surface area (Å²) in [5.74, 6) is 1.04. The Hall–Kier alpha value is -2.63. The number of rotatable bonds is 3. The summed E-state index contributed by atoms with van der Waals surface area (Å²) in [6.07, 6.45) is 4.09. The van der Waals surface area contributed by atoms with Crippen LogP contribution in [0.25, 0.3) is 16.9 Å². The molecule has 5 nitrogen and oxygen atoms in total. The van der Waals surface area contributed by atoms with E-state index in [1.54, 1.807) is 0 Å². The van der Waals surface area contributed by atoms with Crippen molar-refractivity contribution >= 4 is 18.3 Å². The Balaban J connectivity index is 0.00000218. The van der Waals surface area contributed by atoms with Crippen LogP contribution in [-0.2, 0) is 0 Å². The van der Waals surface area contributed by atoms with Gasteiger partial charge in [0.1, 0.15) is 5.69 Å². The van der Waals surface area contributed by atoms with Crippen LogP contribution in [0, 0.1) is 18.8 Å². The molecule has 3 atom stereocenters. The standard InChI is InChI=1S/C24H26N4O.ClH/c1-16-7-10-19(11-8-16)28-15-21(23(26-28)17-5-3-2-4-6-17)24(29)27-13-18-9-12-22(25)20(18)14-27;/h2-8,10-11,15,18,20,22H,9,12-14,25H2,1H3;1H. The normalized spacial score (nSPS) is 22.6. The Bertz CT molecular complexity index is 1030. The number of halogens is 1. The molecule has 1 amide bonds. The number of amides is 1. The van der Waals surface area contributed by atoms with Gasteiger partial charge in [0.15, 0.2) is 0 Å². The lowest BCUT2D eigenvalue weighted by Crippen LogP contribution is -2.33. The van der Waals surface area contributed by atoms with Crippen molar-refractivity contribution in [2.45, 2.75) is 25.8 Å². The average Bonchev–Trinajstić information content (AvgIpc) is 3.45. The molecule has 1 saturated carbocycles. The molecule has 6 heteroatoms. The van der Waals surface area contributed by atoms with E-state index < -0.39 is 0 Å². The molecule has 2 aromatic carbocycles. The van der Waals surface area contributed by atoms with Crippen LogP contribution in [0.3, 0.4) is 0 Å². The lowest BCUT2D eigenvalue weighted by atomic mass is 9.98. The highest BCUT2D eigenvalue weighted by molar-refractivity contribution is 6.00. The number of carbonyl (C=O) groups is 1. The molecule has 0 bridgehead atoms. The highest BCUT2D eigenvalue weighted by Crippen LogP contribution is 2.38. The van der Waals surface area contributed by atoms with Crippen LogP contribution in [0.1, 0.15) is 28.8 Å². The molecule has 2 N–H and O–H groups in total. The minimum absolute atomic E-state index is 0. The molecule has 2 fully saturated rings. The highest BCUT2D eigenvalue weighted by Gasteiger charge is 2.43. The van der Waals surface area contributed by atoms with E-state index >= 15 is 0 Å². The first-order valence-electron chi connectivity index (χ1n) is 10.4. The predicted molar refractivity (Wildman–Crippen MR) is 121 cm³/mol. The maximum absolute atomic E-state index is 13.5. The second-order valence-electron chi connectivity index (χ2n) is 8.41. The minimum Gasteiger partial charge on any atom is -0.338 e. The molecule has 3 unspecified atom stereocenters. The van der Waals surface area contributed by atoms with Crippen molar-refractivity contribution in [2.75, 3.05) is 13.1 Å². The zero-order chi connectivity index (χ0) is 20.0. The summed E-state index contributed by atoms with van der Waals surface area (Å²) in [5.41, 5.74) is 10.8. The third-order valence-electron chi connectivity index (χ3n) is 6.49.